The highest BCUT2D eigenvalue weighted by Gasteiger charge is 2.10. The number of amides is 1. The van der Waals surface area contributed by atoms with Gasteiger partial charge in [0.2, 0.25) is 0 Å². The van der Waals surface area contributed by atoms with Crippen molar-refractivity contribution in [2.45, 2.75) is 33.2 Å². The van der Waals surface area contributed by atoms with Crippen molar-refractivity contribution in [3.05, 3.63) is 48.2 Å². The van der Waals surface area contributed by atoms with Crippen molar-refractivity contribution in [3.63, 3.8) is 0 Å². The smallest absolute Gasteiger partial charge is 0.270 e. The fourth-order valence-corrected chi connectivity index (χ4v) is 2.29. The molecule has 0 aliphatic carbocycles. The Morgan fingerprint density at radius 3 is 2.55 bits per heavy atom. The lowest BCUT2D eigenvalue weighted by Crippen LogP contribution is -2.26. The maximum Gasteiger partial charge on any atom is 0.270 e. The first-order valence-electron chi connectivity index (χ1n) is 7.76. The van der Waals surface area contributed by atoms with Crippen molar-refractivity contribution >= 4 is 11.6 Å². The lowest BCUT2D eigenvalue weighted by molar-refractivity contribution is 0.0943. The molecule has 2 aromatic rings. The molecule has 0 aliphatic heterocycles. The number of pyridine rings is 1. The fourth-order valence-electron chi connectivity index (χ4n) is 2.29. The molecule has 0 bridgehead atoms. The van der Waals surface area contributed by atoms with Crippen LogP contribution in [-0.4, -0.2) is 24.0 Å². The molecule has 5 heteroatoms. The lowest BCUT2D eigenvalue weighted by atomic mass is 10.2. The predicted octanol–water partition coefficient (Wildman–Crippen LogP) is 3.23. The van der Waals surface area contributed by atoms with Crippen LogP contribution in [0.2, 0.25) is 0 Å². The first-order chi connectivity index (χ1) is 10.7. The minimum absolute atomic E-state index is 0.194. The molecule has 0 fully saturated rings. The van der Waals surface area contributed by atoms with Crippen LogP contribution in [0.15, 0.2) is 41.1 Å². The van der Waals surface area contributed by atoms with Gasteiger partial charge in [-0.05, 0) is 37.1 Å². The van der Waals surface area contributed by atoms with Gasteiger partial charge in [-0.3, -0.25) is 4.79 Å². The number of hydrogen-bond donors (Lipinski definition) is 1. The topological polar surface area (TPSA) is 58.4 Å². The summed E-state index contributed by atoms with van der Waals surface area (Å²) in [7, 11) is 0. The first-order valence-corrected chi connectivity index (χ1v) is 7.76. The Morgan fingerprint density at radius 1 is 1.23 bits per heavy atom. The molecular formula is C17H23N3O2. The van der Waals surface area contributed by atoms with E-state index in [2.05, 4.69) is 29.0 Å². The molecule has 0 unspecified atom stereocenters. The summed E-state index contributed by atoms with van der Waals surface area (Å²) in [6.07, 6.45) is 5.54. The molecule has 2 rings (SSSR count). The molecule has 2 heterocycles. The zero-order valence-electron chi connectivity index (χ0n) is 13.2. The molecule has 22 heavy (non-hydrogen) atoms. The van der Waals surface area contributed by atoms with Crippen LogP contribution >= 0.6 is 0 Å². The van der Waals surface area contributed by atoms with E-state index in [9.17, 15) is 4.79 Å². The predicted molar refractivity (Wildman–Crippen MR) is 86.9 cm³/mol. The van der Waals surface area contributed by atoms with E-state index < -0.39 is 0 Å². The number of furan rings is 1. The highest BCUT2D eigenvalue weighted by atomic mass is 16.3. The molecule has 0 radical (unpaired) electrons. The van der Waals surface area contributed by atoms with Crippen molar-refractivity contribution in [2.24, 2.45) is 0 Å². The second kappa shape index (κ2) is 8.22. The van der Waals surface area contributed by atoms with Gasteiger partial charge in [-0.1, -0.05) is 13.8 Å². The Labute approximate surface area is 131 Å². The molecule has 2 aromatic heterocycles. The van der Waals surface area contributed by atoms with Crippen LogP contribution in [0.4, 0.5) is 5.69 Å². The van der Waals surface area contributed by atoms with Gasteiger partial charge in [0.25, 0.3) is 5.91 Å². The van der Waals surface area contributed by atoms with Gasteiger partial charge in [-0.25, -0.2) is 4.98 Å². The summed E-state index contributed by atoms with van der Waals surface area (Å²) in [6, 6.07) is 7.35. The van der Waals surface area contributed by atoms with Crippen molar-refractivity contribution in [1.29, 1.82) is 0 Å². The van der Waals surface area contributed by atoms with Crippen LogP contribution < -0.4 is 10.2 Å². The van der Waals surface area contributed by atoms with Crippen molar-refractivity contribution in [3.8, 4) is 0 Å². The van der Waals surface area contributed by atoms with Crippen LogP contribution in [0.25, 0.3) is 0 Å². The summed E-state index contributed by atoms with van der Waals surface area (Å²) in [6.45, 7) is 6.69. The van der Waals surface area contributed by atoms with Gasteiger partial charge in [-0.15, -0.1) is 0 Å². The Hall–Kier alpha value is -2.30. The third-order valence-electron chi connectivity index (χ3n) is 3.34. The zero-order valence-corrected chi connectivity index (χ0v) is 13.2. The van der Waals surface area contributed by atoms with E-state index in [0.29, 0.717) is 12.2 Å². The van der Waals surface area contributed by atoms with E-state index in [1.165, 1.54) is 0 Å². The highest BCUT2D eigenvalue weighted by Crippen LogP contribution is 2.14. The summed E-state index contributed by atoms with van der Waals surface area (Å²) in [5.74, 6) is 0.530. The number of nitrogens with one attached hydrogen (secondary N) is 1. The molecule has 0 aromatic carbocycles. The molecule has 5 nitrogen and oxygen atoms in total. The average Bonchev–Trinajstić information content (AvgIpc) is 3.06. The van der Waals surface area contributed by atoms with Crippen molar-refractivity contribution in [2.75, 3.05) is 18.0 Å². The highest BCUT2D eigenvalue weighted by molar-refractivity contribution is 5.92. The third-order valence-corrected chi connectivity index (χ3v) is 3.34. The van der Waals surface area contributed by atoms with E-state index in [1.54, 1.807) is 24.6 Å². The minimum Gasteiger partial charge on any atom is -0.467 e. The SMILES string of the molecule is CCCN(CCC)c1ccc(C(=O)NCc2ccco2)nc1. The van der Waals surface area contributed by atoms with Crippen LogP contribution in [0.1, 0.15) is 42.9 Å². The Kier molecular flexibility index (Phi) is 6.01. The number of hydrogen-bond acceptors (Lipinski definition) is 4. The maximum atomic E-state index is 12.0. The Bertz CT molecular complexity index is 558. The third kappa shape index (κ3) is 4.35. The summed E-state index contributed by atoms with van der Waals surface area (Å²) in [5, 5.41) is 2.79. The molecular weight excluding hydrogens is 278 g/mol. The largest absolute Gasteiger partial charge is 0.467 e. The van der Waals surface area contributed by atoms with Gasteiger partial charge >= 0.3 is 0 Å². The molecule has 0 atom stereocenters. The monoisotopic (exact) mass is 301 g/mol. The van der Waals surface area contributed by atoms with E-state index in [1.807, 2.05) is 12.1 Å². The van der Waals surface area contributed by atoms with Crippen molar-refractivity contribution < 1.29 is 9.21 Å². The van der Waals surface area contributed by atoms with Crippen molar-refractivity contribution in [1.82, 2.24) is 10.3 Å². The number of carbonyl (C=O) groups excluding carboxylic acids is 1. The van der Waals surface area contributed by atoms with Gasteiger partial charge in [0.1, 0.15) is 11.5 Å². The molecule has 0 saturated carbocycles. The lowest BCUT2D eigenvalue weighted by Gasteiger charge is -2.23. The number of nitrogens with zero attached hydrogens (tertiary/aromatic N) is 2. The standard InChI is InChI=1S/C17H23N3O2/c1-3-9-20(10-4-2)14-7-8-16(18-12-14)17(21)19-13-15-6-5-11-22-15/h5-8,11-12H,3-4,9-10,13H2,1-2H3,(H,19,21). The number of anilines is 1. The number of carbonyl (C=O) groups is 1. The van der Waals surface area contributed by atoms with Crippen LogP contribution in [0.3, 0.4) is 0 Å². The van der Waals surface area contributed by atoms with Gasteiger partial charge in [0, 0.05) is 13.1 Å². The summed E-state index contributed by atoms with van der Waals surface area (Å²) in [5.41, 5.74) is 1.48. The molecule has 0 spiro atoms. The van der Waals surface area contributed by atoms with Crippen LogP contribution in [0, 0.1) is 0 Å². The first kappa shape index (κ1) is 16.1. The molecule has 1 N–H and O–H groups in total. The molecule has 0 aliphatic rings. The van der Waals surface area contributed by atoms with Gasteiger partial charge < -0.3 is 14.6 Å². The summed E-state index contributed by atoms with van der Waals surface area (Å²) < 4.78 is 5.18. The van der Waals surface area contributed by atoms with E-state index in [-0.39, 0.29) is 5.91 Å². The van der Waals surface area contributed by atoms with Gasteiger partial charge in [0.05, 0.1) is 24.7 Å². The Morgan fingerprint density at radius 2 is 2.00 bits per heavy atom. The fraction of sp³-hybridized carbons (Fsp3) is 0.412. The zero-order chi connectivity index (χ0) is 15.8. The molecule has 1 amide bonds. The average molecular weight is 301 g/mol. The number of aromatic nitrogens is 1. The minimum atomic E-state index is -0.194. The summed E-state index contributed by atoms with van der Waals surface area (Å²) in [4.78, 5) is 18.6. The quantitative estimate of drug-likeness (QED) is 0.813. The van der Waals surface area contributed by atoms with Gasteiger partial charge in [-0.2, -0.15) is 0 Å². The number of rotatable bonds is 8. The normalized spacial score (nSPS) is 10.5. The molecule has 0 saturated heterocycles. The van der Waals surface area contributed by atoms with Gasteiger partial charge in [0.15, 0.2) is 0 Å². The van der Waals surface area contributed by atoms with Crippen LogP contribution in [-0.2, 0) is 6.54 Å². The second-order valence-electron chi connectivity index (χ2n) is 5.15. The second-order valence-corrected chi connectivity index (χ2v) is 5.15. The molecule has 118 valence electrons. The van der Waals surface area contributed by atoms with E-state index in [0.717, 1.165) is 37.4 Å². The van der Waals surface area contributed by atoms with E-state index in [4.69, 9.17) is 4.42 Å². The van der Waals surface area contributed by atoms with E-state index >= 15 is 0 Å². The summed E-state index contributed by atoms with van der Waals surface area (Å²) >= 11 is 0. The maximum absolute atomic E-state index is 12.0. The Balaban J connectivity index is 1.96. The van der Waals surface area contributed by atoms with Crippen LogP contribution in [0.5, 0.6) is 0 Å².